The summed E-state index contributed by atoms with van der Waals surface area (Å²) in [6.45, 7) is 0.557. The fourth-order valence-electron chi connectivity index (χ4n) is 2.02. The van der Waals surface area contributed by atoms with E-state index in [1.54, 1.807) is 42.1 Å². The zero-order valence-electron chi connectivity index (χ0n) is 11.0. The van der Waals surface area contributed by atoms with Crippen molar-refractivity contribution >= 4 is 15.7 Å². The summed E-state index contributed by atoms with van der Waals surface area (Å²) < 4.78 is 30.9. The van der Waals surface area contributed by atoms with Crippen molar-refractivity contribution in [1.29, 1.82) is 0 Å². The zero-order chi connectivity index (χ0) is 14.3. The summed E-state index contributed by atoms with van der Waals surface area (Å²) in [5.41, 5.74) is 7.29. The van der Waals surface area contributed by atoms with Gasteiger partial charge in [0.1, 0.15) is 11.1 Å². The zero-order valence-corrected chi connectivity index (χ0v) is 11.8. The molecule has 0 unspecified atom stereocenters. The molecule has 0 amide bonds. The van der Waals surface area contributed by atoms with E-state index in [4.69, 9.17) is 10.5 Å². The van der Waals surface area contributed by atoms with E-state index in [-0.39, 0.29) is 13.2 Å². The number of nitrogens with two attached hydrogens (primary N) is 1. The highest BCUT2D eigenvalue weighted by molar-refractivity contribution is 7.92. The fourth-order valence-corrected chi connectivity index (χ4v) is 3.47. The predicted molar refractivity (Wildman–Crippen MR) is 74.8 cm³/mol. The quantitative estimate of drug-likeness (QED) is 0.906. The molecule has 2 aromatic rings. The van der Waals surface area contributed by atoms with E-state index in [1.165, 1.54) is 0 Å². The van der Waals surface area contributed by atoms with Crippen molar-refractivity contribution in [2.45, 2.75) is 10.1 Å². The molecule has 106 valence electrons. The number of ether oxygens (including phenoxy) is 1. The Morgan fingerprint density at radius 1 is 1.30 bits per heavy atom. The number of aromatic nitrogens is 2. The lowest BCUT2D eigenvalue weighted by Crippen LogP contribution is -2.40. The Morgan fingerprint density at radius 2 is 1.95 bits per heavy atom. The van der Waals surface area contributed by atoms with Crippen LogP contribution in [0.25, 0.3) is 11.3 Å². The molecular weight excluding hydrogens is 278 g/mol. The Kier molecular flexibility index (Phi) is 3.02. The molecule has 3 rings (SSSR count). The summed E-state index contributed by atoms with van der Waals surface area (Å²) in [6, 6.07) is 8.45. The highest BCUT2D eigenvalue weighted by atomic mass is 32.2. The van der Waals surface area contributed by atoms with Crippen molar-refractivity contribution < 1.29 is 13.2 Å². The monoisotopic (exact) mass is 293 g/mol. The van der Waals surface area contributed by atoms with Crippen molar-refractivity contribution in [3.8, 4) is 11.3 Å². The summed E-state index contributed by atoms with van der Waals surface area (Å²) in [4.78, 5) is 0.318. The van der Waals surface area contributed by atoms with Gasteiger partial charge in [0.25, 0.3) is 0 Å². The second-order valence-corrected chi connectivity index (χ2v) is 7.03. The number of hydrogen-bond donors (Lipinski definition) is 1. The van der Waals surface area contributed by atoms with Crippen LogP contribution in [-0.2, 0) is 21.6 Å². The Hall–Kier alpha value is -1.86. The van der Waals surface area contributed by atoms with Gasteiger partial charge in [-0.1, -0.05) is 12.1 Å². The lowest BCUT2D eigenvalue weighted by molar-refractivity contribution is 0.0416. The van der Waals surface area contributed by atoms with Gasteiger partial charge >= 0.3 is 0 Å². The Labute approximate surface area is 117 Å². The molecule has 0 aliphatic carbocycles. The van der Waals surface area contributed by atoms with Crippen LogP contribution in [-0.4, -0.2) is 36.7 Å². The molecule has 2 N–H and O–H groups in total. The van der Waals surface area contributed by atoms with Crippen LogP contribution < -0.4 is 5.73 Å². The third-order valence-electron chi connectivity index (χ3n) is 3.44. The number of hydrogen-bond acceptors (Lipinski definition) is 5. The Bertz CT molecular complexity index is 711. The molecular formula is C13H15N3O3S. The Balaban J connectivity index is 1.91. The first-order valence-corrected chi connectivity index (χ1v) is 7.75. The maximum atomic E-state index is 12.2. The summed E-state index contributed by atoms with van der Waals surface area (Å²) in [5.74, 6) is 0.559. The maximum absolute atomic E-state index is 12.2. The SMILES string of the molecule is Cn1nc(-c2ccc(S(=O)(=O)C3COC3)cc2)cc1N. The first-order chi connectivity index (χ1) is 9.48. The molecule has 7 heteroatoms. The van der Waals surface area contributed by atoms with E-state index in [0.717, 1.165) is 11.3 Å². The summed E-state index contributed by atoms with van der Waals surface area (Å²) >= 11 is 0. The molecule has 20 heavy (non-hydrogen) atoms. The van der Waals surface area contributed by atoms with Crippen LogP contribution in [0.4, 0.5) is 5.82 Å². The van der Waals surface area contributed by atoms with Gasteiger partial charge in [0.05, 0.1) is 23.8 Å². The van der Waals surface area contributed by atoms with Crippen LogP contribution in [0.1, 0.15) is 0 Å². The smallest absolute Gasteiger partial charge is 0.185 e. The third kappa shape index (κ3) is 2.08. The van der Waals surface area contributed by atoms with E-state index in [0.29, 0.717) is 10.7 Å². The van der Waals surface area contributed by atoms with Crippen LogP contribution in [0.2, 0.25) is 0 Å². The van der Waals surface area contributed by atoms with Gasteiger partial charge in [-0.2, -0.15) is 5.10 Å². The van der Waals surface area contributed by atoms with E-state index >= 15 is 0 Å². The second kappa shape index (κ2) is 4.60. The minimum Gasteiger partial charge on any atom is -0.384 e. The van der Waals surface area contributed by atoms with Crippen molar-refractivity contribution in [2.24, 2.45) is 7.05 Å². The predicted octanol–water partition coefficient (Wildman–Crippen LogP) is 0.842. The van der Waals surface area contributed by atoms with Gasteiger partial charge in [-0.05, 0) is 12.1 Å². The summed E-state index contributed by atoms with van der Waals surface area (Å²) in [6.07, 6.45) is 0. The minimum atomic E-state index is -3.28. The van der Waals surface area contributed by atoms with E-state index < -0.39 is 15.1 Å². The summed E-state index contributed by atoms with van der Waals surface area (Å²) in [5, 5.41) is 3.84. The lowest BCUT2D eigenvalue weighted by Gasteiger charge is -2.25. The molecule has 6 nitrogen and oxygen atoms in total. The molecule has 1 fully saturated rings. The van der Waals surface area contributed by atoms with Gasteiger partial charge in [-0.15, -0.1) is 0 Å². The number of sulfone groups is 1. The number of anilines is 1. The molecule has 0 bridgehead atoms. The second-order valence-electron chi connectivity index (χ2n) is 4.81. The fraction of sp³-hybridized carbons (Fsp3) is 0.308. The molecule has 1 aromatic carbocycles. The number of aryl methyl sites for hydroxylation is 1. The molecule has 0 radical (unpaired) electrons. The lowest BCUT2D eigenvalue weighted by atomic mass is 10.1. The number of nitrogens with zero attached hydrogens (tertiary/aromatic N) is 2. The van der Waals surface area contributed by atoms with Gasteiger partial charge in [-0.3, -0.25) is 4.68 Å². The number of nitrogen functional groups attached to an aromatic ring is 1. The molecule has 0 saturated carbocycles. The molecule has 0 spiro atoms. The average molecular weight is 293 g/mol. The molecule has 1 aliphatic heterocycles. The van der Waals surface area contributed by atoms with Gasteiger partial charge in [0, 0.05) is 18.7 Å². The highest BCUT2D eigenvalue weighted by Gasteiger charge is 2.33. The number of benzene rings is 1. The Morgan fingerprint density at radius 3 is 2.40 bits per heavy atom. The van der Waals surface area contributed by atoms with Gasteiger partial charge in [0.15, 0.2) is 9.84 Å². The van der Waals surface area contributed by atoms with E-state index in [1.807, 2.05) is 0 Å². The first kappa shape index (κ1) is 13.1. The van der Waals surface area contributed by atoms with Crippen molar-refractivity contribution in [3.63, 3.8) is 0 Å². The van der Waals surface area contributed by atoms with Crippen LogP contribution in [0, 0.1) is 0 Å². The normalized spacial score (nSPS) is 16.1. The molecule has 0 atom stereocenters. The molecule has 2 heterocycles. The van der Waals surface area contributed by atoms with Crippen LogP contribution in [0.15, 0.2) is 35.2 Å². The highest BCUT2D eigenvalue weighted by Crippen LogP contribution is 2.25. The van der Waals surface area contributed by atoms with Gasteiger partial charge in [-0.25, -0.2) is 8.42 Å². The molecule has 1 aromatic heterocycles. The van der Waals surface area contributed by atoms with E-state index in [2.05, 4.69) is 5.10 Å². The van der Waals surface area contributed by atoms with Crippen LogP contribution in [0.3, 0.4) is 0 Å². The topological polar surface area (TPSA) is 87.2 Å². The van der Waals surface area contributed by atoms with Gasteiger partial charge < -0.3 is 10.5 Å². The van der Waals surface area contributed by atoms with Crippen LogP contribution >= 0.6 is 0 Å². The molecule has 1 aliphatic rings. The average Bonchev–Trinajstić information content (AvgIpc) is 2.67. The van der Waals surface area contributed by atoms with Crippen LogP contribution in [0.5, 0.6) is 0 Å². The minimum absolute atomic E-state index is 0.279. The standard InChI is InChI=1S/C13H15N3O3S/c1-16-13(14)6-12(15-16)9-2-4-10(5-3-9)20(17,18)11-7-19-8-11/h2-6,11H,7-8,14H2,1H3. The largest absolute Gasteiger partial charge is 0.384 e. The number of rotatable bonds is 3. The third-order valence-corrected chi connectivity index (χ3v) is 5.52. The van der Waals surface area contributed by atoms with Gasteiger partial charge in [0.2, 0.25) is 0 Å². The van der Waals surface area contributed by atoms with Crippen molar-refractivity contribution in [3.05, 3.63) is 30.3 Å². The first-order valence-electron chi connectivity index (χ1n) is 6.20. The maximum Gasteiger partial charge on any atom is 0.185 e. The van der Waals surface area contributed by atoms with Crippen molar-refractivity contribution in [1.82, 2.24) is 9.78 Å². The summed E-state index contributed by atoms with van der Waals surface area (Å²) in [7, 11) is -1.52. The molecule has 1 saturated heterocycles. The van der Waals surface area contributed by atoms with Crippen molar-refractivity contribution in [2.75, 3.05) is 18.9 Å². The van der Waals surface area contributed by atoms with E-state index in [9.17, 15) is 8.42 Å².